The topological polar surface area (TPSA) is 114 Å². The van der Waals surface area contributed by atoms with Crippen molar-refractivity contribution >= 4 is 40.4 Å². The standard InChI is InChI=1S/C23H16ClN3O5/c1-13-16(24)8-5-10-18(13)26-20(17-9-2-3-11-25-17)19(22(29)23(26)30)21(28)14-6-4-7-15(12-14)27(31)32/h2-12,20,28H,1H3/b21-19+. The lowest BCUT2D eigenvalue weighted by Crippen LogP contribution is -2.30. The fraction of sp³-hybridized carbons (Fsp3) is 0.0870. The Morgan fingerprint density at radius 3 is 2.56 bits per heavy atom. The van der Waals surface area contributed by atoms with Gasteiger partial charge in [-0.1, -0.05) is 35.9 Å². The van der Waals surface area contributed by atoms with E-state index in [0.29, 0.717) is 22.0 Å². The van der Waals surface area contributed by atoms with E-state index in [1.165, 1.54) is 29.3 Å². The summed E-state index contributed by atoms with van der Waals surface area (Å²) in [6.45, 7) is 1.72. The third-order valence-corrected chi connectivity index (χ3v) is 5.65. The molecule has 9 heteroatoms. The third kappa shape index (κ3) is 3.50. The molecule has 1 fully saturated rings. The minimum absolute atomic E-state index is 0.0425. The largest absolute Gasteiger partial charge is 0.507 e. The minimum atomic E-state index is -1.05. The minimum Gasteiger partial charge on any atom is -0.507 e. The van der Waals surface area contributed by atoms with Crippen LogP contribution >= 0.6 is 11.6 Å². The van der Waals surface area contributed by atoms with Crippen LogP contribution in [0.25, 0.3) is 5.76 Å². The van der Waals surface area contributed by atoms with E-state index in [1.54, 1.807) is 43.3 Å². The van der Waals surface area contributed by atoms with Crippen LogP contribution in [0.1, 0.15) is 22.9 Å². The molecule has 0 bridgehead atoms. The zero-order chi connectivity index (χ0) is 23.0. The van der Waals surface area contributed by atoms with Crippen molar-refractivity contribution in [3.8, 4) is 0 Å². The molecule has 0 spiro atoms. The van der Waals surface area contributed by atoms with Gasteiger partial charge in [0.1, 0.15) is 11.8 Å². The van der Waals surface area contributed by atoms with E-state index >= 15 is 0 Å². The SMILES string of the molecule is Cc1c(Cl)cccc1N1C(=O)C(=O)/C(=C(/O)c2cccc([N+](=O)[O-])c2)C1c1ccccn1. The van der Waals surface area contributed by atoms with Gasteiger partial charge in [-0.25, -0.2) is 0 Å². The van der Waals surface area contributed by atoms with Gasteiger partial charge >= 0.3 is 0 Å². The number of aromatic nitrogens is 1. The summed E-state index contributed by atoms with van der Waals surface area (Å²) in [7, 11) is 0. The van der Waals surface area contributed by atoms with Gasteiger partial charge < -0.3 is 5.11 Å². The van der Waals surface area contributed by atoms with Crippen LogP contribution in [0.15, 0.2) is 72.4 Å². The molecule has 4 rings (SSSR count). The second-order valence-electron chi connectivity index (χ2n) is 7.12. The van der Waals surface area contributed by atoms with Gasteiger partial charge in [0.15, 0.2) is 0 Å². The van der Waals surface area contributed by atoms with Crippen molar-refractivity contribution in [1.29, 1.82) is 0 Å². The maximum absolute atomic E-state index is 13.1. The first kappa shape index (κ1) is 21.2. The highest BCUT2D eigenvalue weighted by Gasteiger charge is 2.48. The van der Waals surface area contributed by atoms with Crippen molar-refractivity contribution in [2.75, 3.05) is 4.90 Å². The second-order valence-corrected chi connectivity index (χ2v) is 7.52. The van der Waals surface area contributed by atoms with Crippen molar-refractivity contribution < 1.29 is 19.6 Å². The van der Waals surface area contributed by atoms with Crippen molar-refractivity contribution in [2.24, 2.45) is 0 Å². The van der Waals surface area contributed by atoms with Crippen LogP contribution in [-0.2, 0) is 9.59 Å². The Labute approximate surface area is 187 Å². The lowest BCUT2D eigenvalue weighted by molar-refractivity contribution is -0.384. The first-order chi connectivity index (χ1) is 15.3. The van der Waals surface area contributed by atoms with Crippen LogP contribution in [0.4, 0.5) is 11.4 Å². The number of hydrogen-bond donors (Lipinski definition) is 1. The number of carbonyl (C=O) groups excluding carboxylic acids is 2. The number of hydrogen-bond acceptors (Lipinski definition) is 6. The average molecular weight is 450 g/mol. The van der Waals surface area contributed by atoms with E-state index < -0.39 is 28.4 Å². The molecule has 1 aromatic heterocycles. The second kappa shape index (κ2) is 8.24. The van der Waals surface area contributed by atoms with Crippen molar-refractivity contribution in [1.82, 2.24) is 4.98 Å². The van der Waals surface area contributed by atoms with Crippen LogP contribution < -0.4 is 4.90 Å². The first-order valence-corrected chi connectivity index (χ1v) is 9.91. The Morgan fingerprint density at radius 2 is 1.88 bits per heavy atom. The van der Waals surface area contributed by atoms with E-state index in [9.17, 15) is 24.8 Å². The molecule has 0 radical (unpaired) electrons. The van der Waals surface area contributed by atoms with Crippen molar-refractivity contribution in [2.45, 2.75) is 13.0 Å². The number of aliphatic hydroxyl groups excluding tert-OH is 1. The Hall–Kier alpha value is -4.04. The van der Waals surface area contributed by atoms with Crippen LogP contribution in [0, 0.1) is 17.0 Å². The number of nitro benzene ring substituents is 1. The highest BCUT2D eigenvalue weighted by molar-refractivity contribution is 6.52. The number of Topliss-reactive ketones (excluding diaryl/α,β-unsaturated/α-hetero) is 1. The number of ketones is 1. The van der Waals surface area contributed by atoms with Gasteiger partial charge in [-0.2, -0.15) is 0 Å². The number of aliphatic hydroxyl groups is 1. The number of nitrogens with zero attached hydrogens (tertiary/aromatic N) is 3. The number of halogens is 1. The first-order valence-electron chi connectivity index (χ1n) is 9.53. The van der Waals surface area contributed by atoms with Crippen LogP contribution in [0.5, 0.6) is 0 Å². The summed E-state index contributed by atoms with van der Waals surface area (Å²) in [6.07, 6.45) is 1.51. The molecular weight excluding hydrogens is 434 g/mol. The number of nitro groups is 1. The Morgan fingerprint density at radius 1 is 1.12 bits per heavy atom. The number of non-ortho nitro benzene ring substituents is 1. The molecule has 3 aromatic rings. The van der Waals surface area contributed by atoms with Crippen molar-refractivity contribution in [3.63, 3.8) is 0 Å². The zero-order valence-corrected chi connectivity index (χ0v) is 17.5. The molecule has 32 heavy (non-hydrogen) atoms. The number of carbonyl (C=O) groups is 2. The molecule has 0 saturated carbocycles. The Kier molecular flexibility index (Phi) is 5.46. The molecule has 1 amide bonds. The summed E-state index contributed by atoms with van der Waals surface area (Å²) in [6, 6.07) is 14.1. The molecule has 160 valence electrons. The molecule has 1 N–H and O–H groups in total. The number of amides is 1. The van der Waals surface area contributed by atoms with Gasteiger partial charge in [0.2, 0.25) is 0 Å². The summed E-state index contributed by atoms with van der Waals surface area (Å²) in [5.41, 5.74) is 0.886. The van der Waals surface area contributed by atoms with E-state index in [-0.39, 0.29) is 16.8 Å². The molecule has 1 aliphatic rings. The molecule has 0 aliphatic carbocycles. The Balaban J connectivity index is 1.98. The normalized spacial score (nSPS) is 17.6. The zero-order valence-electron chi connectivity index (χ0n) is 16.7. The van der Waals surface area contributed by atoms with E-state index in [2.05, 4.69) is 4.98 Å². The molecule has 1 aliphatic heterocycles. The summed E-state index contributed by atoms with van der Waals surface area (Å²) >= 11 is 6.25. The molecule has 1 saturated heterocycles. The van der Waals surface area contributed by atoms with Gasteiger partial charge in [-0.05, 0) is 36.8 Å². The predicted molar refractivity (Wildman–Crippen MR) is 118 cm³/mol. The molecule has 1 unspecified atom stereocenters. The van der Waals surface area contributed by atoms with Gasteiger partial charge in [0, 0.05) is 34.6 Å². The quantitative estimate of drug-likeness (QED) is 0.205. The third-order valence-electron chi connectivity index (χ3n) is 5.24. The van der Waals surface area contributed by atoms with Gasteiger partial charge in [-0.15, -0.1) is 0 Å². The molecule has 8 nitrogen and oxygen atoms in total. The monoisotopic (exact) mass is 449 g/mol. The summed E-state index contributed by atoms with van der Waals surface area (Å²) in [5.74, 6) is -2.31. The fourth-order valence-corrected chi connectivity index (χ4v) is 3.85. The fourth-order valence-electron chi connectivity index (χ4n) is 3.68. The number of benzene rings is 2. The molecular formula is C23H16ClN3O5. The highest BCUT2D eigenvalue weighted by Crippen LogP contribution is 2.43. The lowest BCUT2D eigenvalue weighted by atomic mass is 9.97. The lowest BCUT2D eigenvalue weighted by Gasteiger charge is -2.26. The molecule has 2 aromatic carbocycles. The smallest absolute Gasteiger partial charge is 0.300 e. The molecule has 1 atom stereocenters. The highest BCUT2D eigenvalue weighted by atomic mass is 35.5. The maximum Gasteiger partial charge on any atom is 0.300 e. The summed E-state index contributed by atoms with van der Waals surface area (Å²) in [5, 5.41) is 22.6. The van der Waals surface area contributed by atoms with Crippen LogP contribution in [0.3, 0.4) is 0 Å². The predicted octanol–water partition coefficient (Wildman–Crippen LogP) is 4.58. The van der Waals surface area contributed by atoms with Gasteiger partial charge in [0.05, 0.1) is 16.2 Å². The Bertz CT molecular complexity index is 1290. The number of pyridine rings is 1. The van der Waals surface area contributed by atoms with Gasteiger partial charge in [0.25, 0.3) is 17.4 Å². The van der Waals surface area contributed by atoms with E-state index in [4.69, 9.17) is 11.6 Å². The summed E-state index contributed by atoms with van der Waals surface area (Å²) in [4.78, 5) is 42.3. The summed E-state index contributed by atoms with van der Waals surface area (Å²) < 4.78 is 0. The maximum atomic E-state index is 13.1. The molecule has 2 heterocycles. The van der Waals surface area contributed by atoms with Crippen molar-refractivity contribution in [3.05, 3.63) is 104 Å². The van der Waals surface area contributed by atoms with Gasteiger partial charge in [-0.3, -0.25) is 29.6 Å². The number of anilines is 1. The van der Waals surface area contributed by atoms with E-state index in [0.717, 1.165) is 6.07 Å². The van der Waals surface area contributed by atoms with Crippen LogP contribution in [-0.4, -0.2) is 26.7 Å². The van der Waals surface area contributed by atoms with E-state index in [1.807, 2.05) is 0 Å². The number of rotatable bonds is 4. The average Bonchev–Trinajstić information content (AvgIpc) is 3.06. The van der Waals surface area contributed by atoms with Crippen LogP contribution in [0.2, 0.25) is 5.02 Å².